The zero-order valence-corrected chi connectivity index (χ0v) is 15.1. The van der Waals surface area contributed by atoms with Crippen LogP contribution in [0.3, 0.4) is 0 Å². The van der Waals surface area contributed by atoms with Crippen molar-refractivity contribution in [2.45, 2.75) is 65.1 Å². The summed E-state index contributed by atoms with van der Waals surface area (Å²) >= 11 is 0. The molecule has 2 saturated carbocycles. The zero-order valence-electron chi connectivity index (χ0n) is 15.1. The van der Waals surface area contributed by atoms with Gasteiger partial charge in [-0.05, 0) is 62.7 Å². The second kappa shape index (κ2) is 6.27. The van der Waals surface area contributed by atoms with Crippen molar-refractivity contribution in [3.05, 3.63) is 23.8 Å². The summed E-state index contributed by atoms with van der Waals surface area (Å²) in [5, 5.41) is 19.6. The molecule has 0 aromatic carbocycles. The van der Waals surface area contributed by atoms with Gasteiger partial charge >= 0.3 is 11.9 Å². The molecule has 5 nitrogen and oxygen atoms in total. The van der Waals surface area contributed by atoms with Gasteiger partial charge in [0.1, 0.15) is 0 Å². The van der Waals surface area contributed by atoms with Crippen LogP contribution in [0, 0.1) is 22.7 Å². The van der Waals surface area contributed by atoms with Crippen LogP contribution in [0.5, 0.6) is 0 Å². The Balaban J connectivity index is 1.83. The maximum atomic E-state index is 12.0. The monoisotopic (exact) mass is 348 g/mol. The van der Waals surface area contributed by atoms with Crippen molar-refractivity contribution in [3.63, 3.8) is 0 Å². The van der Waals surface area contributed by atoms with Gasteiger partial charge in [-0.15, -0.1) is 0 Å². The SMILES string of the molecule is C=C1CC[C@H]2[C@@](C)(CCC[C@@]2(C)C(=O)O)[C@@H]1CCC1=CC(=O)OC1O. The first kappa shape index (κ1) is 18.2. The maximum absolute atomic E-state index is 12.0. The Labute approximate surface area is 148 Å². The van der Waals surface area contributed by atoms with E-state index in [2.05, 4.69) is 13.5 Å². The van der Waals surface area contributed by atoms with Crippen LogP contribution in [-0.4, -0.2) is 28.4 Å². The standard InChI is InChI=1S/C20H28O5/c1-12-5-8-15-19(2,9-4-10-20(15,3)18(23)24)14(12)7-6-13-11-16(21)25-17(13)22/h11,14-15,17,22H,1,4-10H2,2-3H3,(H,23,24)/t14-,15+,17?,19+,20-/m1/s1. The highest BCUT2D eigenvalue weighted by molar-refractivity contribution is 5.85. The molecule has 2 N–H and O–H groups in total. The smallest absolute Gasteiger partial charge is 0.333 e. The number of carboxylic acids is 1. The molecule has 25 heavy (non-hydrogen) atoms. The second-order valence-corrected chi connectivity index (χ2v) is 8.43. The summed E-state index contributed by atoms with van der Waals surface area (Å²) in [6, 6.07) is 0. The van der Waals surface area contributed by atoms with Gasteiger partial charge in [-0.25, -0.2) is 4.79 Å². The van der Waals surface area contributed by atoms with Gasteiger partial charge in [0.05, 0.1) is 5.41 Å². The van der Waals surface area contributed by atoms with Gasteiger partial charge in [-0.2, -0.15) is 0 Å². The lowest BCUT2D eigenvalue weighted by molar-refractivity contribution is -0.164. The van der Waals surface area contributed by atoms with Crippen LogP contribution in [0.4, 0.5) is 0 Å². The number of carbonyl (C=O) groups excluding carboxylic acids is 1. The topological polar surface area (TPSA) is 83.8 Å². The fraction of sp³-hybridized carbons (Fsp3) is 0.700. The van der Waals surface area contributed by atoms with Crippen LogP contribution in [-0.2, 0) is 14.3 Å². The van der Waals surface area contributed by atoms with Crippen LogP contribution in [0.25, 0.3) is 0 Å². The van der Waals surface area contributed by atoms with Crippen molar-refractivity contribution in [1.82, 2.24) is 0 Å². The highest BCUT2D eigenvalue weighted by Crippen LogP contribution is 2.62. The summed E-state index contributed by atoms with van der Waals surface area (Å²) in [7, 11) is 0. The first-order valence-electron chi connectivity index (χ1n) is 9.18. The van der Waals surface area contributed by atoms with Crippen LogP contribution < -0.4 is 0 Å². The Bertz CT molecular complexity index is 636. The van der Waals surface area contributed by atoms with Crippen LogP contribution in [0.1, 0.15) is 58.8 Å². The lowest BCUT2D eigenvalue weighted by Crippen LogP contribution is -2.53. The summed E-state index contributed by atoms with van der Waals surface area (Å²) in [6.07, 6.45) is 5.94. The minimum absolute atomic E-state index is 0.101. The van der Waals surface area contributed by atoms with Crippen molar-refractivity contribution in [3.8, 4) is 0 Å². The maximum Gasteiger partial charge on any atom is 0.333 e. The average molecular weight is 348 g/mol. The van der Waals surface area contributed by atoms with Gasteiger partial charge < -0.3 is 14.9 Å². The molecular weight excluding hydrogens is 320 g/mol. The molecule has 0 amide bonds. The molecule has 2 aliphatic carbocycles. The number of fused-ring (bicyclic) bond motifs is 1. The van der Waals surface area contributed by atoms with E-state index in [1.807, 2.05) is 6.92 Å². The van der Waals surface area contributed by atoms with E-state index in [0.717, 1.165) is 38.5 Å². The van der Waals surface area contributed by atoms with E-state index in [9.17, 15) is 19.8 Å². The Hall–Kier alpha value is -1.62. The molecular formula is C20H28O5. The Morgan fingerprint density at radius 1 is 1.40 bits per heavy atom. The third-order valence-corrected chi connectivity index (χ3v) is 7.08. The summed E-state index contributed by atoms with van der Waals surface area (Å²) in [4.78, 5) is 23.3. The molecule has 0 aromatic heterocycles. The number of aliphatic hydroxyl groups is 1. The van der Waals surface area contributed by atoms with E-state index in [0.29, 0.717) is 12.0 Å². The fourth-order valence-corrected chi connectivity index (χ4v) is 5.69. The Kier molecular flexibility index (Phi) is 4.56. The molecule has 3 aliphatic rings. The minimum atomic E-state index is -1.14. The van der Waals surface area contributed by atoms with E-state index in [1.54, 1.807) is 0 Å². The van der Waals surface area contributed by atoms with E-state index < -0.39 is 23.6 Å². The molecule has 5 atom stereocenters. The highest BCUT2D eigenvalue weighted by atomic mass is 16.6. The molecule has 0 aromatic rings. The normalized spacial score (nSPS) is 41.1. The molecule has 0 spiro atoms. The summed E-state index contributed by atoms with van der Waals surface area (Å²) in [6.45, 7) is 8.39. The Morgan fingerprint density at radius 3 is 2.72 bits per heavy atom. The number of hydrogen-bond acceptors (Lipinski definition) is 4. The number of hydrogen-bond donors (Lipinski definition) is 2. The van der Waals surface area contributed by atoms with E-state index >= 15 is 0 Å². The Morgan fingerprint density at radius 2 is 2.12 bits per heavy atom. The van der Waals surface area contributed by atoms with Crippen LogP contribution >= 0.6 is 0 Å². The van der Waals surface area contributed by atoms with Gasteiger partial charge in [-0.3, -0.25) is 4.79 Å². The fourth-order valence-electron chi connectivity index (χ4n) is 5.69. The largest absolute Gasteiger partial charge is 0.481 e. The molecule has 1 unspecified atom stereocenters. The number of rotatable bonds is 4. The number of esters is 1. The van der Waals surface area contributed by atoms with Crippen molar-refractivity contribution in [2.24, 2.45) is 22.7 Å². The van der Waals surface area contributed by atoms with Gasteiger partial charge in [0.15, 0.2) is 0 Å². The first-order valence-corrected chi connectivity index (χ1v) is 9.18. The summed E-state index contributed by atoms with van der Waals surface area (Å²) in [5.41, 5.74) is 1.00. The molecule has 1 heterocycles. The third kappa shape index (κ3) is 2.92. The van der Waals surface area contributed by atoms with E-state index in [-0.39, 0.29) is 17.3 Å². The van der Waals surface area contributed by atoms with Crippen LogP contribution in [0.15, 0.2) is 23.8 Å². The molecule has 0 bridgehead atoms. The summed E-state index contributed by atoms with van der Waals surface area (Å²) in [5.74, 6) is -0.857. The number of aliphatic carboxylic acids is 1. The van der Waals surface area contributed by atoms with Crippen molar-refractivity contribution < 1.29 is 24.5 Å². The number of carbonyl (C=O) groups is 2. The van der Waals surface area contributed by atoms with Gasteiger partial charge in [0, 0.05) is 11.6 Å². The third-order valence-electron chi connectivity index (χ3n) is 7.08. The minimum Gasteiger partial charge on any atom is -0.481 e. The first-order chi connectivity index (χ1) is 11.7. The molecule has 0 radical (unpaired) electrons. The lowest BCUT2D eigenvalue weighted by Gasteiger charge is -2.57. The predicted molar refractivity (Wildman–Crippen MR) is 92.5 cm³/mol. The average Bonchev–Trinajstić information content (AvgIpc) is 2.84. The number of carboxylic acid groups (broad SMARTS) is 1. The number of aliphatic hydroxyl groups excluding tert-OH is 1. The second-order valence-electron chi connectivity index (χ2n) is 8.43. The number of cyclic esters (lactones) is 1. The molecule has 3 rings (SSSR count). The van der Waals surface area contributed by atoms with Gasteiger partial charge in [0.25, 0.3) is 0 Å². The molecule has 5 heteroatoms. The molecule has 2 fully saturated rings. The molecule has 1 aliphatic heterocycles. The highest BCUT2D eigenvalue weighted by Gasteiger charge is 2.57. The number of allylic oxidation sites excluding steroid dienone is 1. The van der Waals surface area contributed by atoms with Crippen molar-refractivity contribution in [1.29, 1.82) is 0 Å². The van der Waals surface area contributed by atoms with Crippen LogP contribution in [0.2, 0.25) is 0 Å². The van der Waals surface area contributed by atoms with Crippen molar-refractivity contribution >= 4 is 11.9 Å². The quantitative estimate of drug-likeness (QED) is 0.601. The molecule has 138 valence electrons. The van der Waals surface area contributed by atoms with Gasteiger partial charge in [0.2, 0.25) is 6.29 Å². The molecule has 0 saturated heterocycles. The van der Waals surface area contributed by atoms with E-state index in [1.165, 1.54) is 11.6 Å². The predicted octanol–water partition coefficient (Wildman–Crippen LogP) is 3.43. The zero-order chi connectivity index (χ0) is 18.4. The summed E-state index contributed by atoms with van der Waals surface area (Å²) < 4.78 is 4.76. The van der Waals surface area contributed by atoms with Gasteiger partial charge in [-0.1, -0.05) is 25.5 Å². The number of ether oxygens (including phenoxy) is 1. The van der Waals surface area contributed by atoms with E-state index in [4.69, 9.17) is 4.74 Å². The van der Waals surface area contributed by atoms with Crippen molar-refractivity contribution in [2.75, 3.05) is 0 Å². The lowest BCUT2D eigenvalue weighted by atomic mass is 9.46.